The van der Waals surface area contributed by atoms with Crippen molar-refractivity contribution in [3.05, 3.63) is 47.4 Å². The van der Waals surface area contributed by atoms with Crippen molar-refractivity contribution in [2.24, 2.45) is 0 Å². The van der Waals surface area contributed by atoms with E-state index in [1.165, 1.54) is 6.33 Å². The molecule has 1 aromatic heterocycles. The predicted octanol–water partition coefficient (Wildman–Crippen LogP) is 2.22. The lowest BCUT2D eigenvalue weighted by Crippen LogP contribution is -2.47. The van der Waals surface area contributed by atoms with Gasteiger partial charge in [-0.25, -0.2) is 9.97 Å². The monoisotopic (exact) mass is 389 g/mol. The molecule has 144 valence electrons. The number of benzene rings is 1. The molecule has 0 spiro atoms. The molecule has 0 atom stereocenters. The quantitative estimate of drug-likeness (QED) is 0.732. The van der Waals surface area contributed by atoms with Gasteiger partial charge in [0.15, 0.2) is 0 Å². The van der Waals surface area contributed by atoms with Gasteiger partial charge in [0.2, 0.25) is 0 Å². The number of nitrogens with one attached hydrogen (secondary N) is 1. The summed E-state index contributed by atoms with van der Waals surface area (Å²) in [6, 6.07) is 9.64. The van der Waals surface area contributed by atoms with E-state index in [1.54, 1.807) is 13.2 Å². The first-order valence-corrected chi connectivity index (χ1v) is 9.40. The highest BCUT2D eigenvalue weighted by Gasteiger charge is 2.20. The fraction of sp³-hybridized carbons (Fsp3) is 0.421. The molecule has 1 aromatic carbocycles. The van der Waals surface area contributed by atoms with Crippen molar-refractivity contribution in [3.8, 4) is 0 Å². The third-order valence-electron chi connectivity index (χ3n) is 4.47. The third-order valence-corrected chi connectivity index (χ3v) is 4.71. The number of aromatic nitrogens is 2. The van der Waals surface area contributed by atoms with E-state index in [9.17, 15) is 4.79 Å². The topological polar surface area (TPSA) is 70.6 Å². The second-order valence-electron chi connectivity index (χ2n) is 6.32. The first-order valence-electron chi connectivity index (χ1n) is 9.02. The fourth-order valence-electron chi connectivity index (χ4n) is 3.02. The van der Waals surface area contributed by atoms with Crippen LogP contribution in [0.25, 0.3) is 0 Å². The number of amides is 1. The molecule has 0 bridgehead atoms. The Kier molecular flexibility index (Phi) is 6.84. The van der Waals surface area contributed by atoms with Crippen LogP contribution >= 0.6 is 11.6 Å². The van der Waals surface area contributed by atoms with Gasteiger partial charge in [-0.3, -0.25) is 4.79 Å². The number of anilines is 2. The molecule has 1 fully saturated rings. The Morgan fingerprint density at radius 2 is 1.96 bits per heavy atom. The van der Waals surface area contributed by atoms with Crippen LogP contribution in [0.3, 0.4) is 0 Å². The summed E-state index contributed by atoms with van der Waals surface area (Å²) in [7, 11) is 1.64. The molecule has 0 saturated carbocycles. The number of piperazine rings is 1. The highest BCUT2D eigenvalue weighted by molar-refractivity contribution is 6.30. The van der Waals surface area contributed by atoms with Crippen molar-refractivity contribution in [2.75, 3.05) is 56.2 Å². The fourth-order valence-corrected chi connectivity index (χ4v) is 3.20. The minimum atomic E-state index is -0.188. The predicted molar refractivity (Wildman–Crippen MR) is 107 cm³/mol. The second-order valence-corrected chi connectivity index (χ2v) is 6.75. The lowest BCUT2D eigenvalue weighted by molar-refractivity contribution is 0.0943. The third kappa shape index (κ3) is 5.30. The Hall–Kier alpha value is -2.38. The first-order chi connectivity index (χ1) is 13.2. The van der Waals surface area contributed by atoms with E-state index in [1.807, 2.05) is 18.2 Å². The number of carbonyl (C=O) groups excluding carboxylic acids is 1. The van der Waals surface area contributed by atoms with E-state index >= 15 is 0 Å². The summed E-state index contributed by atoms with van der Waals surface area (Å²) in [5.74, 6) is 0.588. The number of methoxy groups -OCH3 is 1. The summed E-state index contributed by atoms with van der Waals surface area (Å²) in [6.45, 7) is 4.54. The van der Waals surface area contributed by atoms with Crippen LogP contribution < -0.4 is 15.1 Å². The Bertz CT molecular complexity index is 765. The van der Waals surface area contributed by atoms with Crippen molar-refractivity contribution in [1.29, 1.82) is 0 Å². The van der Waals surface area contributed by atoms with Gasteiger partial charge in [0.05, 0.1) is 0 Å². The Labute approximate surface area is 164 Å². The van der Waals surface area contributed by atoms with Crippen molar-refractivity contribution < 1.29 is 9.53 Å². The highest BCUT2D eigenvalue weighted by atomic mass is 35.5. The molecule has 1 amide bonds. The van der Waals surface area contributed by atoms with Crippen LogP contribution in [0, 0.1) is 0 Å². The molecule has 2 heterocycles. The summed E-state index contributed by atoms with van der Waals surface area (Å²) in [4.78, 5) is 25.1. The standard InChI is InChI=1S/C19H24ClN5O2/c1-27-11-3-6-21-19(26)17-13-18(23-14-22-17)25-9-7-24(8-10-25)16-5-2-4-15(20)12-16/h2,4-5,12-14H,3,6-11H2,1H3,(H,21,26). The van der Waals surface area contributed by atoms with Gasteiger partial charge in [0.1, 0.15) is 17.8 Å². The second kappa shape index (κ2) is 9.53. The van der Waals surface area contributed by atoms with Crippen LogP contribution in [0.2, 0.25) is 5.02 Å². The van der Waals surface area contributed by atoms with Crippen molar-refractivity contribution >= 4 is 29.0 Å². The van der Waals surface area contributed by atoms with Crippen LogP contribution in [0.1, 0.15) is 16.9 Å². The number of carbonyl (C=O) groups is 1. The Balaban J connectivity index is 1.57. The number of hydrogen-bond acceptors (Lipinski definition) is 6. The maximum absolute atomic E-state index is 12.2. The van der Waals surface area contributed by atoms with Crippen molar-refractivity contribution in [3.63, 3.8) is 0 Å². The molecule has 0 unspecified atom stereocenters. The number of nitrogens with zero attached hydrogens (tertiary/aromatic N) is 4. The minimum absolute atomic E-state index is 0.188. The summed E-state index contributed by atoms with van der Waals surface area (Å²) in [6.07, 6.45) is 2.22. The summed E-state index contributed by atoms with van der Waals surface area (Å²) >= 11 is 6.09. The maximum atomic E-state index is 12.2. The number of halogens is 1. The van der Waals surface area contributed by atoms with E-state index in [2.05, 4.69) is 31.2 Å². The lowest BCUT2D eigenvalue weighted by atomic mass is 10.2. The molecule has 7 nitrogen and oxygen atoms in total. The number of rotatable bonds is 7. The van der Waals surface area contributed by atoms with Gasteiger partial charge < -0.3 is 19.9 Å². The zero-order chi connectivity index (χ0) is 19.1. The molecule has 0 radical (unpaired) electrons. The SMILES string of the molecule is COCCCNC(=O)c1cc(N2CCN(c3cccc(Cl)c3)CC2)ncn1. The average Bonchev–Trinajstić information content (AvgIpc) is 2.71. The number of hydrogen-bond donors (Lipinski definition) is 1. The van der Waals surface area contributed by atoms with Crippen molar-refractivity contribution in [1.82, 2.24) is 15.3 Å². The van der Waals surface area contributed by atoms with E-state index in [0.29, 0.717) is 18.8 Å². The normalized spacial score (nSPS) is 14.3. The molecule has 27 heavy (non-hydrogen) atoms. The van der Waals surface area contributed by atoms with Crippen LogP contribution in [0.5, 0.6) is 0 Å². The van der Waals surface area contributed by atoms with Crippen LogP contribution in [0.4, 0.5) is 11.5 Å². The highest BCUT2D eigenvalue weighted by Crippen LogP contribution is 2.22. The largest absolute Gasteiger partial charge is 0.385 e. The van der Waals surface area contributed by atoms with E-state index < -0.39 is 0 Å². The molecular formula is C19H24ClN5O2. The molecule has 8 heteroatoms. The smallest absolute Gasteiger partial charge is 0.270 e. The summed E-state index contributed by atoms with van der Waals surface area (Å²) in [5.41, 5.74) is 1.51. The van der Waals surface area contributed by atoms with Crippen LogP contribution in [0.15, 0.2) is 36.7 Å². The lowest BCUT2D eigenvalue weighted by Gasteiger charge is -2.36. The van der Waals surface area contributed by atoms with E-state index in [0.717, 1.165) is 49.1 Å². The molecule has 3 rings (SSSR count). The molecule has 0 aliphatic carbocycles. The van der Waals surface area contributed by atoms with Crippen molar-refractivity contribution in [2.45, 2.75) is 6.42 Å². The molecule has 1 aliphatic rings. The van der Waals surface area contributed by atoms with Gasteiger partial charge in [-0.2, -0.15) is 0 Å². The zero-order valence-corrected chi connectivity index (χ0v) is 16.2. The van der Waals surface area contributed by atoms with Gasteiger partial charge in [-0.1, -0.05) is 17.7 Å². The first kappa shape index (κ1) is 19.4. The Morgan fingerprint density at radius 3 is 2.70 bits per heavy atom. The summed E-state index contributed by atoms with van der Waals surface area (Å²) in [5, 5.41) is 3.59. The van der Waals surface area contributed by atoms with Gasteiger partial charge in [0, 0.05) is 63.2 Å². The van der Waals surface area contributed by atoms with E-state index in [-0.39, 0.29) is 5.91 Å². The van der Waals surface area contributed by atoms with Crippen LogP contribution in [-0.2, 0) is 4.74 Å². The summed E-state index contributed by atoms with van der Waals surface area (Å²) < 4.78 is 4.98. The van der Waals surface area contributed by atoms with Gasteiger partial charge in [-0.05, 0) is 24.6 Å². The molecule has 1 aliphatic heterocycles. The number of ether oxygens (including phenoxy) is 1. The maximum Gasteiger partial charge on any atom is 0.270 e. The van der Waals surface area contributed by atoms with Gasteiger partial charge in [-0.15, -0.1) is 0 Å². The molecule has 2 aromatic rings. The zero-order valence-electron chi connectivity index (χ0n) is 15.4. The molecular weight excluding hydrogens is 366 g/mol. The Morgan fingerprint density at radius 1 is 1.19 bits per heavy atom. The average molecular weight is 390 g/mol. The van der Waals surface area contributed by atoms with Gasteiger partial charge in [0.25, 0.3) is 5.91 Å². The van der Waals surface area contributed by atoms with Crippen LogP contribution in [-0.4, -0.2) is 62.3 Å². The molecule has 1 saturated heterocycles. The minimum Gasteiger partial charge on any atom is -0.385 e. The van der Waals surface area contributed by atoms with Gasteiger partial charge >= 0.3 is 0 Å². The molecule has 1 N–H and O–H groups in total. The van der Waals surface area contributed by atoms with E-state index in [4.69, 9.17) is 16.3 Å².